The van der Waals surface area contributed by atoms with Gasteiger partial charge < -0.3 is 5.32 Å². The van der Waals surface area contributed by atoms with Gasteiger partial charge in [0.15, 0.2) is 0 Å². The maximum absolute atomic E-state index is 14.4. The minimum Gasteiger partial charge on any atom is -0.305 e. The molecule has 0 bridgehead atoms. The molecule has 3 aliphatic rings. The molecule has 0 radical (unpaired) electrons. The normalized spacial score (nSPS) is 40.5. The third-order valence-corrected chi connectivity index (χ3v) is 5.05. The van der Waals surface area contributed by atoms with Gasteiger partial charge in [0.2, 0.25) is 0 Å². The van der Waals surface area contributed by atoms with E-state index in [0.717, 1.165) is 5.56 Å². The fraction of sp³-hybridized carbons (Fsp3) is 0.467. The lowest BCUT2D eigenvalue weighted by Crippen LogP contribution is -2.45. The Bertz CT molecular complexity index is 625. The number of rotatable bonds is 1. The van der Waals surface area contributed by atoms with Crippen molar-refractivity contribution >= 4 is 11.9 Å². The van der Waals surface area contributed by atoms with Crippen molar-refractivity contribution < 1.29 is 8.78 Å². The average molecular weight is 275 g/mol. The van der Waals surface area contributed by atoms with Crippen LogP contribution in [-0.2, 0) is 0 Å². The first-order valence-corrected chi connectivity index (χ1v) is 6.83. The highest BCUT2D eigenvalue weighted by Crippen LogP contribution is 2.71. The van der Waals surface area contributed by atoms with E-state index in [-0.39, 0.29) is 12.3 Å². The zero-order valence-corrected chi connectivity index (χ0v) is 11.1. The predicted molar refractivity (Wildman–Crippen MR) is 73.4 cm³/mol. The van der Waals surface area contributed by atoms with Gasteiger partial charge in [0, 0.05) is 30.5 Å². The predicted octanol–water partition coefficient (Wildman–Crippen LogP) is 2.48. The molecular weight excluding hydrogens is 260 g/mol. The summed E-state index contributed by atoms with van der Waals surface area (Å²) in [4.78, 5) is 0. The van der Waals surface area contributed by atoms with Crippen LogP contribution in [0.1, 0.15) is 18.9 Å². The summed E-state index contributed by atoms with van der Waals surface area (Å²) < 4.78 is 28.9. The van der Waals surface area contributed by atoms with E-state index >= 15 is 0 Å². The van der Waals surface area contributed by atoms with Crippen molar-refractivity contribution in [3.05, 3.63) is 35.9 Å². The molecule has 2 aliphatic heterocycles. The first-order chi connectivity index (χ1) is 9.53. The van der Waals surface area contributed by atoms with E-state index in [9.17, 15) is 8.78 Å². The zero-order valence-electron chi connectivity index (χ0n) is 11.1. The van der Waals surface area contributed by atoms with Crippen molar-refractivity contribution in [2.24, 2.45) is 21.5 Å². The highest BCUT2D eigenvalue weighted by Gasteiger charge is 2.86. The van der Waals surface area contributed by atoms with E-state index in [2.05, 4.69) is 15.5 Å². The van der Waals surface area contributed by atoms with Crippen LogP contribution in [0.4, 0.5) is 8.78 Å². The summed E-state index contributed by atoms with van der Waals surface area (Å²) in [6, 6.07) is 9.49. The molecule has 0 aromatic heterocycles. The minimum atomic E-state index is -2.72. The summed E-state index contributed by atoms with van der Waals surface area (Å²) in [6.45, 7) is 2.19. The molecular formula is C15H15F2N3. The van der Waals surface area contributed by atoms with Crippen molar-refractivity contribution in [3.63, 3.8) is 0 Å². The number of halogens is 2. The van der Waals surface area contributed by atoms with Gasteiger partial charge in [-0.3, -0.25) is 0 Å². The van der Waals surface area contributed by atoms with Crippen molar-refractivity contribution in [2.75, 3.05) is 6.54 Å². The van der Waals surface area contributed by atoms with Crippen LogP contribution in [-0.4, -0.2) is 29.9 Å². The first kappa shape index (κ1) is 12.1. The van der Waals surface area contributed by atoms with Crippen LogP contribution in [0.25, 0.3) is 0 Å². The zero-order chi connectivity index (χ0) is 14.0. The molecule has 1 saturated heterocycles. The summed E-state index contributed by atoms with van der Waals surface area (Å²) >= 11 is 0. The Labute approximate surface area is 115 Å². The molecule has 2 fully saturated rings. The van der Waals surface area contributed by atoms with Gasteiger partial charge in [0.05, 0.1) is 5.71 Å². The van der Waals surface area contributed by atoms with Gasteiger partial charge in [0.25, 0.3) is 5.92 Å². The number of fused-ring (bicyclic) bond motifs is 3. The van der Waals surface area contributed by atoms with Gasteiger partial charge in [-0.2, -0.15) is 10.2 Å². The summed E-state index contributed by atoms with van der Waals surface area (Å²) in [5.41, 5.74) is -0.319. The molecule has 0 amide bonds. The fourth-order valence-corrected chi connectivity index (χ4v) is 4.05. The summed E-state index contributed by atoms with van der Waals surface area (Å²) in [6.07, 6.45) is 1.48. The Kier molecular flexibility index (Phi) is 2.14. The topological polar surface area (TPSA) is 36.8 Å². The number of alkyl halides is 2. The Morgan fingerprint density at radius 2 is 2.00 bits per heavy atom. The van der Waals surface area contributed by atoms with Crippen molar-refractivity contribution in [2.45, 2.75) is 24.8 Å². The molecule has 1 saturated carbocycles. The second-order valence-electron chi connectivity index (χ2n) is 6.00. The lowest BCUT2D eigenvalue weighted by atomic mass is 9.99. The molecule has 2 heterocycles. The number of hydrogen-bond donors (Lipinski definition) is 1. The molecule has 1 aromatic rings. The third-order valence-electron chi connectivity index (χ3n) is 5.05. The minimum absolute atomic E-state index is 0.116. The molecule has 1 aliphatic carbocycles. The van der Waals surface area contributed by atoms with Gasteiger partial charge in [-0.1, -0.05) is 37.3 Å². The van der Waals surface area contributed by atoms with Gasteiger partial charge >= 0.3 is 0 Å². The number of hydrogen-bond acceptors (Lipinski definition) is 3. The summed E-state index contributed by atoms with van der Waals surface area (Å²) in [5.74, 6) is -3.04. The van der Waals surface area contributed by atoms with E-state index in [1.165, 1.54) is 0 Å². The van der Waals surface area contributed by atoms with Crippen molar-refractivity contribution in [3.8, 4) is 0 Å². The van der Waals surface area contributed by atoms with E-state index < -0.39 is 16.9 Å². The molecule has 3 nitrogen and oxygen atoms in total. The molecule has 20 heavy (non-hydrogen) atoms. The first-order valence-electron chi connectivity index (χ1n) is 6.83. The van der Waals surface area contributed by atoms with E-state index in [0.29, 0.717) is 12.3 Å². The highest BCUT2D eigenvalue weighted by molar-refractivity contribution is 6.11. The van der Waals surface area contributed by atoms with E-state index in [4.69, 9.17) is 0 Å². The number of nitrogens with one attached hydrogen (secondary N) is 1. The Balaban J connectivity index is 1.83. The Hall–Kier alpha value is -1.62. The van der Waals surface area contributed by atoms with Crippen LogP contribution in [0.3, 0.4) is 0 Å². The smallest absolute Gasteiger partial charge is 0.268 e. The quantitative estimate of drug-likeness (QED) is 0.840. The highest BCUT2D eigenvalue weighted by atomic mass is 19.3. The fourth-order valence-electron chi connectivity index (χ4n) is 4.05. The van der Waals surface area contributed by atoms with Crippen LogP contribution < -0.4 is 5.32 Å². The maximum Gasteiger partial charge on any atom is 0.268 e. The monoisotopic (exact) mass is 275 g/mol. The van der Waals surface area contributed by atoms with Crippen LogP contribution in [0.5, 0.6) is 0 Å². The van der Waals surface area contributed by atoms with Gasteiger partial charge in [-0.05, 0) is 5.56 Å². The molecule has 104 valence electrons. The summed E-state index contributed by atoms with van der Waals surface area (Å²) in [5, 5.41) is 11.2. The number of benzene rings is 1. The molecule has 1 N–H and O–H groups in total. The average Bonchev–Trinajstić information content (AvgIpc) is 2.85. The SMILES string of the molecule is C[C@@]12C=NN=C(c3ccccc3)C1[C@]21NCCC1(F)F. The molecule has 4 rings (SSSR count). The van der Waals surface area contributed by atoms with E-state index in [1.807, 2.05) is 37.3 Å². The van der Waals surface area contributed by atoms with Crippen molar-refractivity contribution in [1.29, 1.82) is 0 Å². The third kappa shape index (κ3) is 1.18. The standard InChI is InChI=1S/C15H15F2N3/c1-13-9-19-20-11(10-5-3-2-4-6-10)12(13)15(13)14(16,17)7-8-18-15/h2-6,9,12,18H,7-8H2,1H3/t12?,13-,15+/m1/s1. The number of nitrogens with zero attached hydrogens (tertiary/aromatic N) is 2. The lowest BCUT2D eigenvalue weighted by molar-refractivity contribution is -0.0308. The second-order valence-corrected chi connectivity index (χ2v) is 6.00. The Morgan fingerprint density at radius 1 is 1.25 bits per heavy atom. The summed E-state index contributed by atoms with van der Waals surface area (Å²) in [7, 11) is 0. The van der Waals surface area contributed by atoms with E-state index in [1.54, 1.807) is 6.21 Å². The molecule has 3 atom stereocenters. The Morgan fingerprint density at radius 3 is 2.65 bits per heavy atom. The van der Waals surface area contributed by atoms with Crippen LogP contribution in [0, 0.1) is 11.3 Å². The molecule has 5 heteroatoms. The van der Waals surface area contributed by atoms with Gasteiger partial charge in [0.1, 0.15) is 5.54 Å². The molecule has 1 aromatic carbocycles. The second kappa shape index (κ2) is 3.52. The van der Waals surface area contributed by atoms with Gasteiger partial charge in [-0.25, -0.2) is 8.78 Å². The molecule has 1 spiro atoms. The van der Waals surface area contributed by atoms with Crippen LogP contribution in [0.15, 0.2) is 40.5 Å². The van der Waals surface area contributed by atoms with Crippen LogP contribution >= 0.6 is 0 Å². The van der Waals surface area contributed by atoms with Crippen molar-refractivity contribution in [1.82, 2.24) is 5.32 Å². The van der Waals surface area contributed by atoms with Gasteiger partial charge in [-0.15, -0.1) is 0 Å². The van der Waals surface area contributed by atoms with Crippen LogP contribution in [0.2, 0.25) is 0 Å². The lowest BCUT2D eigenvalue weighted by Gasteiger charge is -2.22. The maximum atomic E-state index is 14.4. The largest absolute Gasteiger partial charge is 0.305 e. The molecule has 1 unspecified atom stereocenters.